The number of carbonyl (C=O) groups is 3. The van der Waals surface area contributed by atoms with Crippen LogP contribution in [-0.4, -0.2) is 85.5 Å². The number of likely N-dealkylation sites (N-methyl/N-ethyl adjacent to an activating group) is 1. The van der Waals surface area contributed by atoms with Crippen LogP contribution < -0.4 is 5.73 Å². The molecule has 11 heteroatoms. The number of hydrogen-bond acceptors (Lipinski definition) is 9. The van der Waals surface area contributed by atoms with Gasteiger partial charge in [0.15, 0.2) is 11.4 Å². The molecular weight excluding hydrogens is 538 g/mol. The average Bonchev–Trinajstić information content (AvgIpc) is 2.86. The van der Waals surface area contributed by atoms with Crippen LogP contribution in [0.2, 0.25) is 5.02 Å². The summed E-state index contributed by atoms with van der Waals surface area (Å²) in [5.41, 5.74) is 2.87. The lowest BCUT2D eigenvalue weighted by Crippen LogP contribution is -2.65. The summed E-state index contributed by atoms with van der Waals surface area (Å²) in [6, 6.07) is 1.05. The maximum Gasteiger partial charge on any atom is 0.255 e. The predicted molar refractivity (Wildman–Crippen MR) is 148 cm³/mol. The van der Waals surface area contributed by atoms with Gasteiger partial charge < -0.3 is 26.2 Å². The number of piperidine rings is 1. The van der Waals surface area contributed by atoms with Crippen LogP contribution in [0.4, 0.5) is 0 Å². The number of hydrogen-bond donors (Lipinski definition) is 5. The molecule has 0 radical (unpaired) electrons. The fourth-order valence-corrected chi connectivity index (χ4v) is 7.73. The summed E-state index contributed by atoms with van der Waals surface area (Å²) in [6.45, 7) is 4.84. The first-order chi connectivity index (χ1) is 18.7. The number of carbonyl (C=O) groups excluding carboxylic acids is 3. The van der Waals surface area contributed by atoms with Crippen LogP contribution in [0.3, 0.4) is 0 Å². The molecule has 1 heterocycles. The molecular formula is C29H36ClN3O7. The van der Waals surface area contributed by atoms with E-state index in [4.69, 9.17) is 17.3 Å². The molecule has 1 aliphatic heterocycles. The van der Waals surface area contributed by atoms with Gasteiger partial charge in [-0.3, -0.25) is 24.2 Å². The number of Topliss-reactive ketones (excluding diaryl/α,β-unsaturated/α-hetero) is 2. The third kappa shape index (κ3) is 3.99. The Morgan fingerprint density at radius 1 is 1.18 bits per heavy atom. The summed E-state index contributed by atoms with van der Waals surface area (Å²) in [5, 5.41) is 45.5. The molecule has 0 spiro atoms. The van der Waals surface area contributed by atoms with Gasteiger partial charge in [-0.25, -0.2) is 0 Å². The quantitative estimate of drug-likeness (QED) is 0.340. The lowest BCUT2D eigenvalue weighted by molar-refractivity contribution is -0.153. The number of rotatable bonds is 4. The number of halogens is 1. The standard InChI is InChI=1S/C29H36ClN3O7/c1-12-6-5-7-13(2)33(12)11-15-10-18(34)20-16(22(15)30)8-14-9-17-23(32(3)4)25(36)21(28(31)39)27(38)29(17,40)26(37)19(14)24(20)35/h10,12-14,17,23,34-35,38,40H,5-9,11H2,1-4H3,(H2,31,39)/t12-,13?,14-,17-,23-,29-/m0/s1. The van der Waals surface area contributed by atoms with E-state index >= 15 is 0 Å². The maximum absolute atomic E-state index is 13.9. The highest BCUT2D eigenvalue weighted by atomic mass is 35.5. The highest BCUT2D eigenvalue weighted by Gasteiger charge is 2.64. The molecule has 4 aliphatic rings. The van der Waals surface area contributed by atoms with E-state index in [1.54, 1.807) is 14.1 Å². The number of phenolic OH excluding ortho intramolecular Hbond substituents is 1. The van der Waals surface area contributed by atoms with Crippen LogP contribution in [0.5, 0.6) is 5.75 Å². The molecule has 216 valence electrons. The van der Waals surface area contributed by atoms with Crippen molar-refractivity contribution in [2.75, 3.05) is 14.1 Å². The number of ketones is 2. The van der Waals surface area contributed by atoms with Gasteiger partial charge >= 0.3 is 0 Å². The third-order valence-corrected chi connectivity index (χ3v) is 9.93. The molecule has 6 atom stereocenters. The predicted octanol–water partition coefficient (Wildman–Crippen LogP) is 2.38. The van der Waals surface area contributed by atoms with Gasteiger partial charge in [-0.2, -0.15) is 0 Å². The second-order valence-corrected chi connectivity index (χ2v) is 12.4. The topological polar surface area (TPSA) is 165 Å². The fraction of sp³-hybridized carbons (Fsp3) is 0.552. The lowest BCUT2D eigenvalue weighted by atomic mass is 9.57. The van der Waals surface area contributed by atoms with Gasteiger partial charge in [0.25, 0.3) is 5.91 Å². The molecule has 0 bridgehead atoms. The van der Waals surface area contributed by atoms with Crippen molar-refractivity contribution < 1.29 is 34.8 Å². The first-order valence-electron chi connectivity index (χ1n) is 13.6. The number of aliphatic hydroxyl groups is 3. The van der Waals surface area contributed by atoms with Crippen LogP contribution >= 0.6 is 11.6 Å². The highest BCUT2D eigenvalue weighted by Crippen LogP contribution is 2.53. The number of fused-ring (bicyclic) bond motifs is 3. The Kier molecular flexibility index (Phi) is 7.06. The molecule has 40 heavy (non-hydrogen) atoms. The smallest absolute Gasteiger partial charge is 0.255 e. The average molecular weight is 574 g/mol. The molecule has 2 fully saturated rings. The summed E-state index contributed by atoms with van der Waals surface area (Å²) >= 11 is 6.92. The minimum absolute atomic E-state index is 0.00443. The van der Waals surface area contributed by atoms with Crippen molar-refractivity contribution in [1.82, 2.24) is 9.80 Å². The minimum Gasteiger partial charge on any atom is -0.508 e. The molecule has 1 amide bonds. The SMILES string of the molecule is CC1CCC[C@H](C)N1Cc1cc(O)c2c(c1Cl)C[C@H]1C[C@H]3[C@H](N(C)C)C(=O)C(C(N)=O)=C(O)[C@@]3(O)C(=O)C1=C2O. The molecule has 6 N–H and O–H groups in total. The van der Waals surface area contributed by atoms with E-state index < -0.39 is 58.0 Å². The summed E-state index contributed by atoms with van der Waals surface area (Å²) in [5.74, 6) is -6.78. The number of nitrogens with zero attached hydrogens (tertiary/aromatic N) is 2. The number of phenols is 1. The van der Waals surface area contributed by atoms with Crippen LogP contribution in [0, 0.1) is 11.8 Å². The number of likely N-dealkylation sites (tertiary alicyclic amines) is 1. The molecule has 1 saturated carbocycles. The van der Waals surface area contributed by atoms with Gasteiger partial charge in [0.05, 0.1) is 11.6 Å². The number of nitrogens with two attached hydrogens (primary N) is 1. The Morgan fingerprint density at radius 3 is 2.38 bits per heavy atom. The Balaban J connectivity index is 1.63. The van der Waals surface area contributed by atoms with E-state index in [0.29, 0.717) is 34.8 Å². The number of benzene rings is 1. The summed E-state index contributed by atoms with van der Waals surface area (Å²) in [4.78, 5) is 43.1. The van der Waals surface area contributed by atoms with Crippen LogP contribution in [0.25, 0.3) is 5.76 Å². The Hall–Kier alpha value is -2.92. The minimum atomic E-state index is -2.66. The molecule has 1 saturated heterocycles. The summed E-state index contributed by atoms with van der Waals surface area (Å²) < 4.78 is 0. The highest BCUT2D eigenvalue weighted by molar-refractivity contribution is 6.32. The second kappa shape index (κ2) is 9.87. The third-order valence-electron chi connectivity index (χ3n) is 9.46. The van der Waals surface area contributed by atoms with E-state index in [0.717, 1.165) is 19.3 Å². The van der Waals surface area contributed by atoms with Gasteiger partial charge in [0.1, 0.15) is 22.8 Å². The number of aliphatic hydroxyl groups excluding tert-OH is 2. The van der Waals surface area contributed by atoms with E-state index in [9.17, 15) is 34.8 Å². The van der Waals surface area contributed by atoms with Crippen LogP contribution in [0.15, 0.2) is 23.0 Å². The van der Waals surface area contributed by atoms with Crippen molar-refractivity contribution in [3.05, 3.63) is 44.7 Å². The van der Waals surface area contributed by atoms with Crippen molar-refractivity contribution in [3.8, 4) is 5.75 Å². The van der Waals surface area contributed by atoms with E-state index in [-0.39, 0.29) is 29.7 Å². The first-order valence-corrected chi connectivity index (χ1v) is 14.0. The molecule has 0 aromatic heterocycles. The maximum atomic E-state index is 13.9. The van der Waals surface area contributed by atoms with Gasteiger partial charge in [-0.1, -0.05) is 18.0 Å². The van der Waals surface area contributed by atoms with Crippen molar-refractivity contribution in [2.45, 2.75) is 76.2 Å². The lowest BCUT2D eigenvalue weighted by Gasteiger charge is -2.50. The molecule has 1 aromatic rings. The van der Waals surface area contributed by atoms with E-state index in [2.05, 4.69) is 18.7 Å². The summed E-state index contributed by atoms with van der Waals surface area (Å²) in [6.07, 6.45) is 3.46. The normalized spacial score (nSPS) is 32.7. The Morgan fingerprint density at radius 2 is 1.80 bits per heavy atom. The molecule has 10 nitrogen and oxygen atoms in total. The van der Waals surface area contributed by atoms with Crippen molar-refractivity contribution in [1.29, 1.82) is 0 Å². The largest absolute Gasteiger partial charge is 0.508 e. The van der Waals surface area contributed by atoms with Crippen LogP contribution in [-0.2, 0) is 27.3 Å². The zero-order valence-corrected chi connectivity index (χ0v) is 23.8. The van der Waals surface area contributed by atoms with E-state index in [1.165, 1.54) is 11.0 Å². The fourth-order valence-electron chi connectivity index (χ4n) is 7.45. The Bertz CT molecular complexity index is 1380. The molecule has 3 aliphatic carbocycles. The molecule has 1 unspecified atom stereocenters. The van der Waals surface area contributed by atoms with Crippen molar-refractivity contribution in [2.24, 2.45) is 17.6 Å². The van der Waals surface area contributed by atoms with Gasteiger partial charge in [0, 0.05) is 35.1 Å². The first kappa shape index (κ1) is 28.6. The summed E-state index contributed by atoms with van der Waals surface area (Å²) in [7, 11) is 3.13. The number of primary amides is 1. The second-order valence-electron chi connectivity index (χ2n) is 12.0. The zero-order chi connectivity index (χ0) is 29.4. The number of amides is 1. The van der Waals surface area contributed by atoms with E-state index in [1.807, 2.05) is 0 Å². The van der Waals surface area contributed by atoms with Crippen molar-refractivity contribution in [3.63, 3.8) is 0 Å². The monoisotopic (exact) mass is 573 g/mol. The molecule has 5 rings (SSSR count). The number of aromatic hydroxyl groups is 1. The van der Waals surface area contributed by atoms with Gasteiger partial charge in [0.2, 0.25) is 5.78 Å². The van der Waals surface area contributed by atoms with Crippen molar-refractivity contribution >= 4 is 34.8 Å². The van der Waals surface area contributed by atoms with Crippen LogP contribution in [0.1, 0.15) is 56.2 Å². The zero-order valence-electron chi connectivity index (χ0n) is 23.1. The molecule has 1 aromatic carbocycles. The Labute approximate surface area is 237 Å². The van der Waals surface area contributed by atoms with Gasteiger partial charge in [-0.15, -0.1) is 0 Å². The van der Waals surface area contributed by atoms with Gasteiger partial charge in [-0.05, 0) is 76.7 Å².